The maximum atomic E-state index is 11.1. The van der Waals surface area contributed by atoms with Gasteiger partial charge in [0.25, 0.3) is 5.69 Å². The lowest BCUT2D eigenvalue weighted by Gasteiger charge is -2.26. The van der Waals surface area contributed by atoms with Crippen molar-refractivity contribution in [3.8, 4) is 0 Å². The molecule has 0 bridgehead atoms. The van der Waals surface area contributed by atoms with E-state index in [4.69, 9.17) is 0 Å². The van der Waals surface area contributed by atoms with Gasteiger partial charge in [0.05, 0.1) is 4.92 Å². The number of nitrogens with zero attached hydrogens (tertiary/aromatic N) is 2. The molecular formula is C13H20IN3O2. The number of anilines is 1. The molecule has 1 aromatic carbocycles. The van der Waals surface area contributed by atoms with E-state index in [1.54, 1.807) is 12.1 Å². The maximum Gasteiger partial charge on any atom is 0.293 e. The van der Waals surface area contributed by atoms with E-state index >= 15 is 0 Å². The van der Waals surface area contributed by atoms with Crippen LogP contribution < -0.4 is 5.32 Å². The predicted octanol–water partition coefficient (Wildman–Crippen LogP) is 3.20. The molecule has 0 saturated carbocycles. The average Bonchev–Trinajstić information content (AvgIpc) is 2.29. The van der Waals surface area contributed by atoms with E-state index in [2.05, 4.69) is 46.7 Å². The SMILES string of the molecule is CC(C)C(CN(C)C)Nc1ccc(I)cc1[N+](=O)[O-]. The van der Waals surface area contributed by atoms with E-state index in [-0.39, 0.29) is 16.7 Å². The molecule has 0 saturated heterocycles. The molecule has 0 radical (unpaired) electrons. The van der Waals surface area contributed by atoms with Crippen LogP contribution in [-0.4, -0.2) is 36.5 Å². The van der Waals surface area contributed by atoms with Gasteiger partial charge in [-0.1, -0.05) is 13.8 Å². The highest BCUT2D eigenvalue weighted by Gasteiger charge is 2.20. The van der Waals surface area contributed by atoms with Gasteiger partial charge < -0.3 is 10.2 Å². The van der Waals surface area contributed by atoms with Gasteiger partial charge >= 0.3 is 0 Å². The van der Waals surface area contributed by atoms with E-state index in [0.29, 0.717) is 11.6 Å². The molecule has 6 heteroatoms. The van der Waals surface area contributed by atoms with Crippen LogP contribution in [0.15, 0.2) is 18.2 Å². The van der Waals surface area contributed by atoms with Crippen molar-refractivity contribution >= 4 is 34.0 Å². The number of likely N-dealkylation sites (N-methyl/N-ethyl adjacent to an activating group) is 1. The monoisotopic (exact) mass is 377 g/mol. The van der Waals surface area contributed by atoms with Crippen LogP contribution in [0.2, 0.25) is 0 Å². The summed E-state index contributed by atoms with van der Waals surface area (Å²) in [6.07, 6.45) is 0. The molecule has 1 aromatic rings. The van der Waals surface area contributed by atoms with Crippen LogP contribution in [-0.2, 0) is 0 Å². The summed E-state index contributed by atoms with van der Waals surface area (Å²) in [7, 11) is 4.00. The highest BCUT2D eigenvalue weighted by atomic mass is 127. The van der Waals surface area contributed by atoms with Gasteiger partial charge in [-0.15, -0.1) is 0 Å². The van der Waals surface area contributed by atoms with Crippen molar-refractivity contribution in [2.45, 2.75) is 19.9 Å². The van der Waals surface area contributed by atoms with Crippen LogP contribution >= 0.6 is 22.6 Å². The smallest absolute Gasteiger partial charge is 0.293 e. The molecule has 106 valence electrons. The van der Waals surface area contributed by atoms with Gasteiger partial charge in [-0.05, 0) is 54.7 Å². The van der Waals surface area contributed by atoms with E-state index < -0.39 is 0 Å². The number of benzene rings is 1. The first-order valence-corrected chi connectivity index (χ1v) is 7.24. The van der Waals surface area contributed by atoms with Crippen molar-refractivity contribution in [2.24, 2.45) is 5.92 Å². The molecule has 0 aromatic heterocycles. The molecule has 0 spiro atoms. The second-order valence-electron chi connectivity index (χ2n) is 5.18. The fourth-order valence-electron chi connectivity index (χ4n) is 1.79. The number of nitro groups is 1. The summed E-state index contributed by atoms with van der Waals surface area (Å²) in [5, 5.41) is 14.4. The van der Waals surface area contributed by atoms with Crippen molar-refractivity contribution in [1.82, 2.24) is 4.90 Å². The number of hydrogen-bond donors (Lipinski definition) is 1. The molecular weight excluding hydrogens is 357 g/mol. The van der Waals surface area contributed by atoms with Crippen molar-refractivity contribution in [1.29, 1.82) is 0 Å². The molecule has 0 fully saturated rings. The number of rotatable bonds is 6. The molecule has 5 nitrogen and oxygen atoms in total. The number of hydrogen-bond acceptors (Lipinski definition) is 4. The fraction of sp³-hybridized carbons (Fsp3) is 0.538. The first-order chi connectivity index (χ1) is 8.81. The third kappa shape index (κ3) is 4.94. The van der Waals surface area contributed by atoms with Gasteiger partial charge in [-0.2, -0.15) is 0 Å². The molecule has 0 aliphatic rings. The first-order valence-electron chi connectivity index (χ1n) is 6.16. The second kappa shape index (κ2) is 7.04. The van der Waals surface area contributed by atoms with Crippen LogP contribution in [0.4, 0.5) is 11.4 Å². The van der Waals surface area contributed by atoms with Crippen molar-refractivity contribution in [3.63, 3.8) is 0 Å². The van der Waals surface area contributed by atoms with E-state index in [1.807, 2.05) is 20.2 Å². The molecule has 19 heavy (non-hydrogen) atoms. The predicted molar refractivity (Wildman–Crippen MR) is 86.6 cm³/mol. The second-order valence-corrected chi connectivity index (χ2v) is 6.42. The van der Waals surface area contributed by atoms with Crippen LogP contribution in [0.25, 0.3) is 0 Å². The molecule has 1 atom stereocenters. The van der Waals surface area contributed by atoms with Crippen LogP contribution in [0.1, 0.15) is 13.8 Å². The Morgan fingerprint density at radius 2 is 2.05 bits per heavy atom. The van der Waals surface area contributed by atoms with Gasteiger partial charge in [0.15, 0.2) is 0 Å². The number of nitrogens with one attached hydrogen (secondary N) is 1. The van der Waals surface area contributed by atoms with Gasteiger partial charge in [0.1, 0.15) is 5.69 Å². The number of nitro benzene ring substituents is 1. The quantitative estimate of drug-likeness (QED) is 0.470. The normalized spacial score (nSPS) is 12.8. The molecule has 0 amide bonds. The lowest BCUT2D eigenvalue weighted by Crippen LogP contribution is -2.36. The Morgan fingerprint density at radius 1 is 1.42 bits per heavy atom. The molecule has 1 N–H and O–H groups in total. The Morgan fingerprint density at radius 3 is 2.53 bits per heavy atom. The minimum absolute atomic E-state index is 0.135. The summed E-state index contributed by atoms with van der Waals surface area (Å²) in [4.78, 5) is 12.8. The third-order valence-electron chi connectivity index (χ3n) is 2.86. The Balaban J connectivity index is 2.99. The minimum Gasteiger partial charge on any atom is -0.375 e. The molecule has 1 rings (SSSR count). The molecule has 0 aliphatic heterocycles. The van der Waals surface area contributed by atoms with Crippen LogP contribution in [0.5, 0.6) is 0 Å². The standard InChI is InChI=1S/C13H20IN3O2/c1-9(2)12(8-16(3)4)15-11-6-5-10(14)7-13(11)17(18)19/h5-7,9,12,15H,8H2,1-4H3. The van der Waals surface area contributed by atoms with E-state index in [1.165, 1.54) is 0 Å². The lowest BCUT2D eigenvalue weighted by molar-refractivity contribution is -0.384. The first kappa shape index (κ1) is 16.2. The van der Waals surface area contributed by atoms with E-state index in [0.717, 1.165) is 10.1 Å². The van der Waals surface area contributed by atoms with Gasteiger partial charge in [0, 0.05) is 22.2 Å². The molecule has 0 heterocycles. The Labute approximate surface area is 127 Å². The maximum absolute atomic E-state index is 11.1. The Hall–Kier alpha value is -0.890. The highest BCUT2D eigenvalue weighted by molar-refractivity contribution is 14.1. The van der Waals surface area contributed by atoms with Crippen LogP contribution in [0, 0.1) is 19.6 Å². The fourth-order valence-corrected chi connectivity index (χ4v) is 2.27. The summed E-state index contributed by atoms with van der Waals surface area (Å²) in [5.74, 6) is 0.390. The largest absolute Gasteiger partial charge is 0.375 e. The van der Waals surface area contributed by atoms with E-state index in [9.17, 15) is 10.1 Å². The summed E-state index contributed by atoms with van der Waals surface area (Å²) >= 11 is 2.08. The minimum atomic E-state index is -0.336. The van der Waals surface area contributed by atoms with Gasteiger partial charge in [-0.25, -0.2) is 0 Å². The highest BCUT2D eigenvalue weighted by Crippen LogP contribution is 2.27. The average molecular weight is 377 g/mol. The summed E-state index contributed by atoms with van der Waals surface area (Å²) in [6, 6.07) is 5.43. The summed E-state index contributed by atoms with van der Waals surface area (Å²) < 4.78 is 0.864. The van der Waals surface area contributed by atoms with Gasteiger partial charge in [-0.3, -0.25) is 10.1 Å². The topological polar surface area (TPSA) is 58.4 Å². The zero-order valence-electron chi connectivity index (χ0n) is 11.7. The Kier molecular flexibility index (Phi) is 5.99. The van der Waals surface area contributed by atoms with Crippen LogP contribution in [0.3, 0.4) is 0 Å². The molecule has 1 unspecified atom stereocenters. The van der Waals surface area contributed by atoms with Crippen molar-refractivity contribution in [3.05, 3.63) is 31.9 Å². The Bertz CT molecular complexity index is 450. The van der Waals surface area contributed by atoms with Crippen molar-refractivity contribution < 1.29 is 4.92 Å². The zero-order valence-corrected chi connectivity index (χ0v) is 13.8. The third-order valence-corrected chi connectivity index (χ3v) is 3.53. The van der Waals surface area contributed by atoms with Crippen molar-refractivity contribution in [2.75, 3.05) is 26.0 Å². The summed E-state index contributed by atoms with van der Waals surface area (Å²) in [5.41, 5.74) is 0.724. The van der Waals surface area contributed by atoms with Gasteiger partial charge in [0.2, 0.25) is 0 Å². The number of halogens is 1. The lowest BCUT2D eigenvalue weighted by atomic mass is 10.0. The zero-order chi connectivity index (χ0) is 14.6. The molecule has 0 aliphatic carbocycles. The summed E-state index contributed by atoms with van der Waals surface area (Å²) in [6.45, 7) is 5.06.